The zero-order chi connectivity index (χ0) is 19.2. The van der Waals surface area contributed by atoms with Crippen LogP contribution in [0.15, 0.2) is 23.1 Å². The van der Waals surface area contributed by atoms with E-state index in [0.717, 1.165) is 25.8 Å². The number of rotatable bonds is 8. The van der Waals surface area contributed by atoms with Crippen LogP contribution in [0.2, 0.25) is 0 Å². The first-order valence-electron chi connectivity index (χ1n) is 9.07. The van der Waals surface area contributed by atoms with E-state index in [9.17, 15) is 13.2 Å². The highest BCUT2D eigenvalue weighted by Gasteiger charge is 2.27. The maximum Gasteiger partial charge on any atom is 0.243 e. The van der Waals surface area contributed by atoms with E-state index in [1.54, 1.807) is 29.4 Å². The fourth-order valence-corrected chi connectivity index (χ4v) is 4.68. The molecule has 1 amide bonds. The number of carbonyl (C=O) groups is 1. The highest BCUT2D eigenvalue weighted by Crippen LogP contribution is 2.25. The van der Waals surface area contributed by atoms with E-state index in [4.69, 9.17) is 0 Å². The molecule has 26 heavy (non-hydrogen) atoms. The van der Waals surface area contributed by atoms with Crippen molar-refractivity contribution in [1.82, 2.24) is 14.5 Å². The van der Waals surface area contributed by atoms with Crippen LogP contribution in [-0.4, -0.2) is 70.3 Å². The predicted molar refractivity (Wildman–Crippen MR) is 104 cm³/mol. The van der Waals surface area contributed by atoms with Gasteiger partial charge in [0.2, 0.25) is 15.9 Å². The van der Waals surface area contributed by atoms with Crippen LogP contribution < -0.4 is 10.6 Å². The summed E-state index contributed by atoms with van der Waals surface area (Å²) in [6.07, 6.45) is 2.86. The lowest BCUT2D eigenvalue weighted by atomic mass is 10.2. The molecule has 0 aromatic heterocycles. The Morgan fingerprint density at radius 3 is 2.54 bits per heavy atom. The molecule has 0 saturated carbocycles. The number of sulfonamides is 1. The quantitative estimate of drug-likeness (QED) is 0.662. The van der Waals surface area contributed by atoms with Crippen molar-refractivity contribution in [3.63, 3.8) is 0 Å². The Balaban J connectivity index is 2.03. The molecular weight excluding hydrogens is 352 g/mol. The Morgan fingerprint density at radius 2 is 1.88 bits per heavy atom. The van der Waals surface area contributed by atoms with Gasteiger partial charge < -0.3 is 15.5 Å². The van der Waals surface area contributed by atoms with Gasteiger partial charge in [0, 0.05) is 31.9 Å². The summed E-state index contributed by atoms with van der Waals surface area (Å²) in [5.41, 5.74) is 1.20. The van der Waals surface area contributed by atoms with Gasteiger partial charge in [-0.05, 0) is 51.6 Å². The molecule has 0 bridgehead atoms. The van der Waals surface area contributed by atoms with E-state index in [1.165, 1.54) is 0 Å². The van der Waals surface area contributed by atoms with Crippen molar-refractivity contribution in [2.24, 2.45) is 0 Å². The Bertz CT molecular complexity index is 713. The molecule has 1 aliphatic rings. The first-order chi connectivity index (χ1) is 12.3. The fraction of sp³-hybridized carbons (Fsp3) is 0.611. The highest BCUT2D eigenvalue weighted by molar-refractivity contribution is 7.89. The number of hydrogen-bond acceptors (Lipinski definition) is 5. The Morgan fingerprint density at radius 1 is 1.19 bits per heavy atom. The number of carbonyl (C=O) groups excluding carboxylic acids is 1. The van der Waals surface area contributed by atoms with Crippen molar-refractivity contribution in [3.05, 3.63) is 23.8 Å². The SMILES string of the molecule is Cc1ccc(NC(=O)CNCCN(C)C)cc1S(=O)(=O)N1CCCCC1. The zero-order valence-corrected chi connectivity index (χ0v) is 16.7. The first kappa shape index (κ1) is 20.8. The predicted octanol–water partition coefficient (Wildman–Crippen LogP) is 1.26. The number of aryl methyl sites for hydroxylation is 1. The highest BCUT2D eigenvalue weighted by atomic mass is 32.2. The summed E-state index contributed by atoms with van der Waals surface area (Å²) >= 11 is 0. The lowest BCUT2D eigenvalue weighted by molar-refractivity contribution is -0.115. The first-order valence-corrected chi connectivity index (χ1v) is 10.5. The van der Waals surface area contributed by atoms with E-state index in [2.05, 4.69) is 10.6 Å². The van der Waals surface area contributed by atoms with Crippen molar-refractivity contribution in [2.75, 3.05) is 52.1 Å². The molecule has 1 aliphatic heterocycles. The number of nitrogens with one attached hydrogen (secondary N) is 2. The minimum Gasteiger partial charge on any atom is -0.325 e. The van der Waals surface area contributed by atoms with Gasteiger partial charge in [-0.3, -0.25) is 4.79 Å². The summed E-state index contributed by atoms with van der Waals surface area (Å²) in [6.45, 7) is 4.66. The number of anilines is 1. The van der Waals surface area contributed by atoms with Crippen molar-refractivity contribution in [2.45, 2.75) is 31.1 Å². The standard InChI is InChI=1S/C18H30N4O3S/c1-15-7-8-16(20-18(23)14-19-9-12-21(2)3)13-17(15)26(24,25)22-10-5-4-6-11-22/h7-8,13,19H,4-6,9-12,14H2,1-3H3,(H,20,23). The second-order valence-corrected chi connectivity index (χ2v) is 8.88. The van der Waals surface area contributed by atoms with Crippen LogP contribution in [0, 0.1) is 6.92 Å². The van der Waals surface area contributed by atoms with Crippen LogP contribution in [0.5, 0.6) is 0 Å². The number of amides is 1. The molecule has 0 atom stereocenters. The molecule has 1 heterocycles. The Labute approximate surface area is 156 Å². The normalized spacial score (nSPS) is 16.0. The van der Waals surface area contributed by atoms with Gasteiger partial charge >= 0.3 is 0 Å². The van der Waals surface area contributed by atoms with Gasteiger partial charge in [0.15, 0.2) is 0 Å². The monoisotopic (exact) mass is 382 g/mol. The third-order valence-corrected chi connectivity index (χ3v) is 6.47. The molecule has 7 nitrogen and oxygen atoms in total. The second-order valence-electron chi connectivity index (χ2n) is 6.97. The summed E-state index contributed by atoms with van der Waals surface area (Å²) in [4.78, 5) is 14.4. The van der Waals surface area contributed by atoms with E-state index in [0.29, 0.717) is 30.9 Å². The zero-order valence-electron chi connectivity index (χ0n) is 15.9. The maximum atomic E-state index is 12.9. The largest absolute Gasteiger partial charge is 0.325 e. The molecular formula is C18H30N4O3S. The van der Waals surface area contributed by atoms with Crippen molar-refractivity contribution < 1.29 is 13.2 Å². The van der Waals surface area contributed by atoms with Crippen LogP contribution in [0.4, 0.5) is 5.69 Å². The molecule has 0 spiro atoms. The van der Waals surface area contributed by atoms with E-state index in [1.807, 2.05) is 19.0 Å². The molecule has 1 fully saturated rings. The van der Waals surface area contributed by atoms with Gasteiger partial charge in [-0.15, -0.1) is 0 Å². The van der Waals surface area contributed by atoms with Crippen LogP contribution in [0.1, 0.15) is 24.8 Å². The van der Waals surface area contributed by atoms with E-state index in [-0.39, 0.29) is 17.3 Å². The minimum atomic E-state index is -3.52. The van der Waals surface area contributed by atoms with Crippen molar-refractivity contribution in [1.29, 1.82) is 0 Å². The Kier molecular flexibility index (Phi) is 7.57. The summed E-state index contributed by atoms with van der Waals surface area (Å²) < 4.78 is 27.4. The summed E-state index contributed by atoms with van der Waals surface area (Å²) in [7, 11) is 0.421. The Hall–Kier alpha value is -1.48. The van der Waals surface area contributed by atoms with Crippen molar-refractivity contribution in [3.8, 4) is 0 Å². The van der Waals surface area contributed by atoms with Gasteiger partial charge in [0.25, 0.3) is 0 Å². The number of hydrogen-bond donors (Lipinski definition) is 2. The molecule has 1 aromatic rings. The van der Waals surface area contributed by atoms with Gasteiger partial charge in [-0.1, -0.05) is 12.5 Å². The third kappa shape index (κ3) is 5.77. The van der Waals surface area contributed by atoms with Gasteiger partial charge in [-0.2, -0.15) is 4.31 Å². The van der Waals surface area contributed by atoms with Crippen molar-refractivity contribution >= 4 is 21.6 Å². The topological polar surface area (TPSA) is 81.8 Å². The summed E-state index contributed by atoms with van der Waals surface area (Å²) in [5.74, 6) is -0.186. The van der Waals surface area contributed by atoms with Gasteiger partial charge in [0.1, 0.15) is 0 Å². The van der Waals surface area contributed by atoms with E-state index < -0.39 is 10.0 Å². The van der Waals surface area contributed by atoms with Crippen LogP contribution in [-0.2, 0) is 14.8 Å². The van der Waals surface area contributed by atoms with E-state index >= 15 is 0 Å². The van der Waals surface area contributed by atoms with Crippen LogP contribution in [0.3, 0.4) is 0 Å². The van der Waals surface area contributed by atoms with Gasteiger partial charge in [-0.25, -0.2) is 8.42 Å². The number of piperidine rings is 1. The third-order valence-electron chi connectivity index (χ3n) is 4.43. The summed E-state index contributed by atoms with van der Waals surface area (Å²) in [5, 5.41) is 5.84. The molecule has 1 aromatic carbocycles. The molecule has 0 aliphatic carbocycles. The molecule has 8 heteroatoms. The lowest BCUT2D eigenvalue weighted by Gasteiger charge is -2.26. The molecule has 2 N–H and O–H groups in total. The molecule has 1 saturated heterocycles. The smallest absolute Gasteiger partial charge is 0.243 e. The molecule has 0 unspecified atom stereocenters. The fourth-order valence-electron chi connectivity index (χ4n) is 2.91. The minimum absolute atomic E-state index is 0.186. The maximum absolute atomic E-state index is 12.9. The second kappa shape index (κ2) is 9.45. The van der Waals surface area contributed by atoms with Crippen LogP contribution >= 0.6 is 0 Å². The number of benzene rings is 1. The molecule has 146 valence electrons. The number of nitrogens with zero attached hydrogens (tertiary/aromatic N) is 2. The molecule has 2 rings (SSSR count). The van der Waals surface area contributed by atoms with Crippen LogP contribution in [0.25, 0.3) is 0 Å². The summed E-state index contributed by atoms with van der Waals surface area (Å²) in [6, 6.07) is 5.05. The number of likely N-dealkylation sites (N-methyl/N-ethyl adjacent to an activating group) is 1. The average molecular weight is 383 g/mol. The van der Waals surface area contributed by atoms with Gasteiger partial charge in [0.05, 0.1) is 11.4 Å². The molecule has 0 radical (unpaired) electrons. The lowest BCUT2D eigenvalue weighted by Crippen LogP contribution is -2.36. The average Bonchev–Trinajstić information content (AvgIpc) is 2.61.